The van der Waals surface area contributed by atoms with Crippen molar-refractivity contribution in [1.82, 2.24) is 14.8 Å². The molecule has 34 heavy (non-hydrogen) atoms. The molecule has 1 aromatic carbocycles. The van der Waals surface area contributed by atoms with Gasteiger partial charge in [-0.25, -0.2) is 0 Å². The number of aliphatic hydroxyl groups is 1. The molecule has 2 aromatic heterocycles. The largest absolute Gasteiger partial charge is 0.467 e. The quantitative estimate of drug-likeness (QED) is 0.348. The fraction of sp³-hybridized carbons (Fsp3) is 0.455. The predicted octanol–water partition coefficient (Wildman–Crippen LogP) is 4.68. The Morgan fingerprint density at radius 1 is 1.09 bits per heavy atom. The zero-order valence-corrected chi connectivity index (χ0v) is 18.6. The highest BCUT2D eigenvalue weighted by atomic mass is 19.3. The smallest absolute Gasteiger partial charge is 0.387 e. The van der Waals surface area contributed by atoms with Crippen molar-refractivity contribution in [3.05, 3.63) is 30.0 Å². The molecule has 12 heteroatoms. The van der Waals surface area contributed by atoms with Gasteiger partial charge in [0.25, 0.3) is 0 Å². The summed E-state index contributed by atoms with van der Waals surface area (Å²) in [6.07, 6.45) is 2.27. The van der Waals surface area contributed by atoms with E-state index in [0.29, 0.717) is 29.6 Å². The zero-order valence-electron chi connectivity index (χ0n) is 18.6. The molecule has 0 amide bonds. The van der Waals surface area contributed by atoms with Crippen molar-refractivity contribution in [2.75, 3.05) is 13.9 Å². The van der Waals surface area contributed by atoms with E-state index in [0.717, 1.165) is 0 Å². The summed E-state index contributed by atoms with van der Waals surface area (Å²) in [6.45, 7) is -2.94. The van der Waals surface area contributed by atoms with Gasteiger partial charge in [0.2, 0.25) is 0 Å². The highest BCUT2D eigenvalue weighted by Crippen LogP contribution is 2.45. The molecule has 3 aromatic rings. The summed E-state index contributed by atoms with van der Waals surface area (Å²) in [4.78, 5) is 0. The summed E-state index contributed by atoms with van der Waals surface area (Å²) in [5, 5.41) is 18.8. The third-order valence-electron chi connectivity index (χ3n) is 5.59. The van der Waals surface area contributed by atoms with E-state index in [1.807, 2.05) is 0 Å². The molecule has 1 aliphatic rings. The molecule has 1 aliphatic carbocycles. The minimum atomic E-state index is -3.06. The van der Waals surface area contributed by atoms with E-state index in [9.17, 15) is 22.7 Å². The Kier molecular flexibility index (Phi) is 6.54. The lowest BCUT2D eigenvalue weighted by Gasteiger charge is -2.41. The van der Waals surface area contributed by atoms with Crippen LogP contribution in [-0.2, 0) is 4.74 Å². The van der Waals surface area contributed by atoms with Crippen molar-refractivity contribution in [3.8, 4) is 28.5 Å². The first-order valence-electron chi connectivity index (χ1n) is 10.3. The van der Waals surface area contributed by atoms with Crippen LogP contribution in [0.15, 0.2) is 24.4 Å². The van der Waals surface area contributed by atoms with Crippen LogP contribution in [-0.4, -0.2) is 52.6 Å². The second kappa shape index (κ2) is 9.26. The molecule has 184 valence electrons. The molecule has 1 N–H and O–H groups in total. The lowest BCUT2D eigenvalue weighted by atomic mass is 9.77. The summed E-state index contributed by atoms with van der Waals surface area (Å²) < 4.78 is 73.0. The van der Waals surface area contributed by atoms with E-state index in [2.05, 4.69) is 14.9 Å². The Hall–Kier alpha value is -3.12. The molecule has 0 saturated heterocycles. The van der Waals surface area contributed by atoms with Crippen molar-refractivity contribution in [3.63, 3.8) is 0 Å². The van der Waals surface area contributed by atoms with Crippen LogP contribution in [0.1, 0.15) is 31.4 Å². The lowest BCUT2D eigenvalue weighted by molar-refractivity contribution is -0.0540. The molecule has 8 nitrogen and oxygen atoms in total. The van der Waals surface area contributed by atoms with Gasteiger partial charge in [0.05, 0.1) is 16.7 Å². The van der Waals surface area contributed by atoms with Crippen molar-refractivity contribution in [2.24, 2.45) is 0 Å². The van der Waals surface area contributed by atoms with Crippen LogP contribution in [0.4, 0.5) is 17.6 Å². The third kappa shape index (κ3) is 4.87. The van der Waals surface area contributed by atoms with Crippen LogP contribution >= 0.6 is 0 Å². The highest BCUT2D eigenvalue weighted by molar-refractivity contribution is 5.88. The first-order valence-corrected chi connectivity index (χ1v) is 10.3. The van der Waals surface area contributed by atoms with E-state index >= 15 is 0 Å². The van der Waals surface area contributed by atoms with Crippen molar-refractivity contribution in [2.45, 2.75) is 51.6 Å². The van der Waals surface area contributed by atoms with Crippen molar-refractivity contribution >= 4 is 11.0 Å². The molecular formula is C22H23F4N3O5. The van der Waals surface area contributed by atoms with Crippen molar-refractivity contribution in [1.29, 1.82) is 0 Å². The van der Waals surface area contributed by atoms with Gasteiger partial charge in [0.1, 0.15) is 11.5 Å². The number of benzene rings is 1. The van der Waals surface area contributed by atoms with Gasteiger partial charge in [-0.3, -0.25) is 0 Å². The topological polar surface area (TPSA) is 87.9 Å². The molecular weight excluding hydrogens is 462 g/mol. The van der Waals surface area contributed by atoms with Gasteiger partial charge in [-0.2, -0.15) is 17.6 Å². The molecule has 0 spiro atoms. The number of fused-ring (bicyclic) bond motifs is 1. The molecule has 2 heterocycles. The van der Waals surface area contributed by atoms with Crippen molar-refractivity contribution < 1.29 is 41.6 Å². The summed E-state index contributed by atoms with van der Waals surface area (Å²) in [6, 6.07) is 4.01. The minimum absolute atomic E-state index is 0.0950. The highest BCUT2D eigenvalue weighted by Gasteiger charge is 2.40. The fourth-order valence-corrected chi connectivity index (χ4v) is 4.22. The van der Waals surface area contributed by atoms with Crippen LogP contribution < -0.4 is 14.2 Å². The van der Waals surface area contributed by atoms with Crippen LogP contribution in [0.2, 0.25) is 0 Å². The molecule has 1 fully saturated rings. The Morgan fingerprint density at radius 2 is 1.79 bits per heavy atom. The first kappa shape index (κ1) is 24.0. The summed E-state index contributed by atoms with van der Waals surface area (Å²) >= 11 is 0. The van der Waals surface area contributed by atoms with E-state index < -0.39 is 18.8 Å². The number of aromatic nitrogens is 3. The normalized spacial score (nSPS) is 20.1. The van der Waals surface area contributed by atoms with Crippen LogP contribution in [0, 0.1) is 6.92 Å². The van der Waals surface area contributed by atoms with Gasteiger partial charge in [0.15, 0.2) is 18.2 Å². The number of hydrogen-bond donors (Lipinski definition) is 1. The Bertz CT molecular complexity index is 1180. The van der Waals surface area contributed by atoms with E-state index in [4.69, 9.17) is 14.2 Å². The number of aryl methyl sites for hydroxylation is 1. The zero-order chi connectivity index (χ0) is 24.6. The second-order valence-corrected chi connectivity index (χ2v) is 8.35. The number of hydrogen-bond acceptors (Lipinski definition) is 7. The van der Waals surface area contributed by atoms with E-state index in [1.165, 1.54) is 31.5 Å². The molecule has 1 saturated carbocycles. The molecule has 0 radical (unpaired) electrons. The first-order chi connectivity index (χ1) is 16.1. The number of nitrogens with zero attached hydrogens (tertiary/aromatic N) is 3. The standard InChI is InChI=1S/C22H23F4N3O5/c1-11-4-13(33-20(23)24)5-16(32-10-31-3)18(11)15-6-14-17(34-21(25)26)9-29(19(14)28-27-15)12-7-22(2,30)8-12/h4-6,9,12,20-21,30H,7-8,10H2,1-3H3. The molecule has 0 atom stereocenters. The molecule has 4 rings (SSSR count). The van der Waals surface area contributed by atoms with Gasteiger partial charge >= 0.3 is 13.2 Å². The van der Waals surface area contributed by atoms with Gasteiger partial charge in [-0.1, -0.05) is 0 Å². The SMILES string of the molecule is COCOc1cc(OC(F)F)cc(C)c1-c1cc2c(OC(F)F)cn(C3CC(C)(O)C3)c2nn1. The molecule has 0 bridgehead atoms. The number of halogens is 4. The fourth-order valence-electron chi connectivity index (χ4n) is 4.22. The van der Waals surface area contributed by atoms with Gasteiger partial charge < -0.3 is 28.6 Å². The third-order valence-corrected chi connectivity index (χ3v) is 5.59. The maximum absolute atomic E-state index is 13.1. The summed E-state index contributed by atoms with van der Waals surface area (Å²) in [5.74, 6) is -0.0828. The van der Waals surface area contributed by atoms with Gasteiger partial charge in [0, 0.05) is 31.0 Å². The Balaban J connectivity index is 1.81. The van der Waals surface area contributed by atoms with Crippen LogP contribution in [0.25, 0.3) is 22.3 Å². The number of alkyl halides is 4. The van der Waals surface area contributed by atoms with Crippen LogP contribution in [0.5, 0.6) is 17.2 Å². The van der Waals surface area contributed by atoms with E-state index in [1.54, 1.807) is 18.4 Å². The minimum Gasteiger partial charge on any atom is -0.467 e. The maximum Gasteiger partial charge on any atom is 0.387 e. The van der Waals surface area contributed by atoms with Gasteiger partial charge in [-0.15, -0.1) is 10.2 Å². The molecule has 0 aliphatic heterocycles. The predicted molar refractivity (Wildman–Crippen MR) is 112 cm³/mol. The Morgan fingerprint density at radius 3 is 2.41 bits per heavy atom. The van der Waals surface area contributed by atoms with Gasteiger partial charge in [-0.05, 0) is 44.4 Å². The number of ether oxygens (including phenoxy) is 4. The summed E-state index contributed by atoms with van der Waals surface area (Å²) in [7, 11) is 1.40. The Labute approximate surface area is 192 Å². The number of methoxy groups -OCH3 is 1. The summed E-state index contributed by atoms with van der Waals surface area (Å²) in [5.41, 5.74) is 0.594. The lowest BCUT2D eigenvalue weighted by Crippen LogP contribution is -2.41. The van der Waals surface area contributed by atoms with E-state index in [-0.39, 0.29) is 41.2 Å². The number of rotatable bonds is 9. The second-order valence-electron chi connectivity index (χ2n) is 8.35. The maximum atomic E-state index is 13.1. The monoisotopic (exact) mass is 485 g/mol. The van der Waals surface area contributed by atoms with Crippen LogP contribution in [0.3, 0.4) is 0 Å². The average Bonchev–Trinajstić information content (AvgIpc) is 3.06. The molecule has 0 unspecified atom stereocenters. The average molecular weight is 485 g/mol.